The van der Waals surface area contributed by atoms with E-state index in [1.165, 1.54) is 18.0 Å². The van der Waals surface area contributed by atoms with Crippen molar-refractivity contribution >= 4 is 17.1 Å². The zero-order valence-corrected chi connectivity index (χ0v) is 13.9. The first-order chi connectivity index (χ1) is 11.6. The number of fused-ring (bicyclic) bond motifs is 1. The van der Waals surface area contributed by atoms with E-state index in [1.54, 1.807) is 12.4 Å². The highest BCUT2D eigenvalue weighted by Gasteiger charge is 2.19. The molecule has 1 amide bonds. The van der Waals surface area contributed by atoms with Crippen LogP contribution in [0.15, 0.2) is 36.9 Å². The molecule has 0 aliphatic heterocycles. The van der Waals surface area contributed by atoms with E-state index in [1.807, 2.05) is 32.0 Å². The number of carbonyl (C=O) groups excluding carboxylic acids is 1. The normalized spacial score (nSPS) is 12.1. The van der Waals surface area contributed by atoms with E-state index in [0.717, 1.165) is 17.5 Å². The number of amides is 1. The van der Waals surface area contributed by atoms with Crippen LogP contribution in [0.2, 0.25) is 0 Å². The summed E-state index contributed by atoms with van der Waals surface area (Å²) < 4.78 is 6.73. The number of nitrogens with zero attached hydrogens (tertiary/aromatic N) is 4. The molecule has 1 aromatic carbocycles. The Morgan fingerprint density at radius 2 is 2.04 bits per heavy atom. The molecule has 0 saturated heterocycles. The quantitative estimate of drug-likeness (QED) is 0.797. The van der Waals surface area contributed by atoms with Crippen molar-refractivity contribution in [3.63, 3.8) is 0 Å². The number of rotatable bonds is 4. The van der Waals surface area contributed by atoms with Crippen molar-refractivity contribution in [3.05, 3.63) is 36.9 Å². The van der Waals surface area contributed by atoms with Crippen molar-refractivity contribution in [1.29, 1.82) is 0 Å². The molecule has 7 nitrogen and oxygen atoms in total. The number of carbonyl (C=O) groups is 1. The summed E-state index contributed by atoms with van der Waals surface area (Å²) in [4.78, 5) is 25.0. The Kier molecular flexibility index (Phi) is 4.41. The Morgan fingerprint density at radius 3 is 2.71 bits per heavy atom. The van der Waals surface area contributed by atoms with Gasteiger partial charge >= 0.3 is 12.0 Å². The third-order valence-electron chi connectivity index (χ3n) is 3.89. The van der Waals surface area contributed by atoms with Crippen molar-refractivity contribution in [1.82, 2.24) is 24.8 Å². The fourth-order valence-electron chi connectivity index (χ4n) is 2.40. The number of methoxy groups -OCH3 is 1. The number of hydrogen-bond acceptors (Lipinski definition) is 5. The third-order valence-corrected chi connectivity index (χ3v) is 3.89. The van der Waals surface area contributed by atoms with E-state index in [9.17, 15) is 4.79 Å². The molecular formula is C17H19N5O2. The lowest BCUT2D eigenvalue weighted by Crippen LogP contribution is -2.35. The smallest absolute Gasteiger partial charge is 0.330 e. The highest BCUT2D eigenvalue weighted by Crippen LogP contribution is 2.26. The van der Waals surface area contributed by atoms with Crippen LogP contribution >= 0.6 is 0 Å². The zero-order valence-electron chi connectivity index (χ0n) is 13.9. The lowest BCUT2D eigenvalue weighted by atomic mass is 10.1. The summed E-state index contributed by atoms with van der Waals surface area (Å²) in [5.74, 6) is 0. The summed E-state index contributed by atoms with van der Waals surface area (Å²) in [7, 11) is 1.50. The van der Waals surface area contributed by atoms with Gasteiger partial charge in [-0.05, 0) is 31.0 Å². The van der Waals surface area contributed by atoms with Gasteiger partial charge in [-0.2, -0.15) is 4.98 Å². The van der Waals surface area contributed by atoms with Gasteiger partial charge in [-0.15, -0.1) is 0 Å². The van der Waals surface area contributed by atoms with E-state index in [0.29, 0.717) is 11.0 Å². The highest BCUT2D eigenvalue weighted by molar-refractivity contribution is 5.93. The average molecular weight is 325 g/mol. The van der Waals surface area contributed by atoms with E-state index in [4.69, 9.17) is 4.74 Å². The summed E-state index contributed by atoms with van der Waals surface area (Å²) in [5.41, 5.74) is 3.18. The lowest BCUT2D eigenvalue weighted by molar-refractivity contribution is 0.235. The number of aromatic nitrogens is 4. The van der Waals surface area contributed by atoms with Gasteiger partial charge in [-0.3, -0.25) is 0 Å². The molecule has 3 aromatic rings. The summed E-state index contributed by atoms with van der Waals surface area (Å²) in [6.45, 7) is 3.97. The summed E-state index contributed by atoms with van der Waals surface area (Å²) in [6, 6.07) is 5.73. The summed E-state index contributed by atoms with van der Waals surface area (Å²) in [6.07, 6.45) is 5.80. The van der Waals surface area contributed by atoms with Crippen LogP contribution in [0.25, 0.3) is 22.2 Å². The number of ether oxygens (including phenoxy) is 1. The Bertz CT molecular complexity index is 860. The minimum absolute atomic E-state index is 0.0698. The van der Waals surface area contributed by atoms with Crippen molar-refractivity contribution in [2.45, 2.75) is 26.3 Å². The van der Waals surface area contributed by atoms with Crippen LogP contribution in [-0.2, 0) is 0 Å². The van der Waals surface area contributed by atoms with E-state index in [-0.39, 0.29) is 18.1 Å². The minimum Gasteiger partial charge on any atom is -0.468 e. The molecule has 24 heavy (non-hydrogen) atoms. The summed E-state index contributed by atoms with van der Waals surface area (Å²) >= 11 is 0. The number of hydrogen-bond donors (Lipinski definition) is 1. The van der Waals surface area contributed by atoms with Gasteiger partial charge in [0.1, 0.15) is 6.33 Å². The second-order valence-electron chi connectivity index (χ2n) is 5.52. The number of imidazole rings is 1. The van der Waals surface area contributed by atoms with Crippen molar-refractivity contribution in [2.24, 2.45) is 0 Å². The Hall–Kier alpha value is -2.96. The lowest BCUT2D eigenvalue weighted by Gasteiger charge is -2.13. The van der Waals surface area contributed by atoms with E-state index in [2.05, 4.69) is 20.3 Å². The maximum atomic E-state index is 12.5. The second-order valence-corrected chi connectivity index (χ2v) is 5.52. The maximum Gasteiger partial charge on any atom is 0.330 e. The molecule has 0 radical (unpaired) electrons. The van der Waals surface area contributed by atoms with Crippen molar-refractivity contribution in [3.8, 4) is 17.1 Å². The van der Waals surface area contributed by atoms with Crippen LogP contribution in [0.4, 0.5) is 4.79 Å². The van der Waals surface area contributed by atoms with Crippen LogP contribution in [0.3, 0.4) is 0 Å². The largest absolute Gasteiger partial charge is 0.468 e. The molecule has 1 atom stereocenters. The SMILES string of the molecule is CCC(C)NC(=O)n1c(OC)nc2cc(-c3cncnc3)ccc21. The molecule has 1 unspecified atom stereocenters. The third kappa shape index (κ3) is 2.92. The zero-order chi connectivity index (χ0) is 17.1. The maximum absolute atomic E-state index is 12.5. The standard InChI is InChI=1S/C17H19N5O2/c1-4-11(2)20-16(23)22-15-6-5-12(13-8-18-10-19-9-13)7-14(15)21-17(22)24-3/h5-11H,4H2,1-3H3,(H,20,23). The molecule has 2 aromatic heterocycles. The molecule has 0 aliphatic carbocycles. The predicted octanol–water partition coefficient (Wildman–Crippen LogP) is 2.86. The molecule has 0 fully saturated rings. The molecule has 2 heterocycles. The van der Waals surface area contributed by atoms with Gasteiger partial charge in [0, 0.05) is 24.0 Å². The first-order valence-electron chi connectivity index (χ1n) is 7.76. The molecule has 0 spiro atoms. The Labute approximate surface area is 139 Å². The van der Waals surface area contributed by atoms with Crippen LogP contribution in [0.1, 0.15) is 20.3 Å². The van der Waals surface area contributed by atoms with Gasteiger partial charge in [0.25, 0.3) is 0 Å². The van der Waals surface area contributed by atoms with Crippen LogP contribution in [0.5, 0.6) is 6.01 Å². The first kappa shape index (κ1) is 15.9. The fraction of sp³-hybridized carbons (Fsp3) is 0.294. The Morgan fingerprint density at radius 1 is 1.29 bits per heavy atom. The first-order valence-corrected chi connectivity index (χ1v) is 7.76. The Balaban J connectivity index is 2.05. The van der Waals surface area contributed by atoms with Gasteiger partial charge in [0.05, 0.1) is 18.1 Å². The molecule has 3 rings (SSSR count). The van der Waals surface area contributed by atoms with E-state index >= 15 is 0 Å². The van der Waals surface area contributed by atoms with Crippen LogP contribution in [0, 0.1) is 0 Å². The van der Waals surface area contributed by atoms with Crippen LogP contribution in [-0.4, -0.2) is 38.7 Å². The van der Waals surface area contributed by atoms with Gasteiger partial charge in [-0.1, -0.05) is 13.0 Å². The monoisotopic (exact) mass is 325 g/mol. The molecule has 0 bridgehead atoms. The predicted molar refractivity (Wildman–Crippen MR) is 91.0 cm³/mol. The van der Waals surface area contributed by atoms with Crippen molar-refractivity contribution in [2.75, 3.05) is 7.11 Å². The summed E-state index contributed by atoms with van der Waals surface area (Å²) in [5, 5.41) is 2.93. The van der Waals surface area contributed by atoms with Gasteiger partial charge in [-0.25, -0.2) is 19.3 Å². The van der Waals surface area contributed by atoms with Gasteiger partial charge in [0.15, 0.2) is 0 Å². The molecule has 124 valence electrons. The van der Waals surface area contributed by atoms with Gasteiger partial charge in [0.2, 0.25) is 0 Å². The fourth-order valence-corrected chi connectivity index (χ4v) is 2.40. The second kappa shape index (κ2) is 6.66. The van der Waals surface area contributed by atoms with Crippen molar-refractivity contribution < 1.29 is 9.53 Å². The average Bonchev–Trinajstić information content (AvgIpc) is 3.00. The molecular weight excluding hydrogens is 306 g/mol. The topological polar surface area (TPSA) is 81.9 Å². The molecule has 7 heteroatoms. The highest BCUT2D eigenvalue weighted by atomic mass is 16.5. The molecule has 0 aliphatic rings. The van der Waals surface area contributed by atoms with Crippen LogP contribution < -0.4 is 10.1 Å². The molecule has 0 saturated carbocycles. The number of nitrogens with one attached hydrogen (secondary N) is 1. The number of benzene rings is 1. The molecule has 1 N–H and O–H groups in total. The van der Waals surface area contributed by atoms with E-state index < -0.39 is 0 Å². The minimum atomic E-state index is -0.250. The van der Waals surface area contributed by atoms with Gasteiger partial charge < -0.3 is 10.1 Å².